The molecule has 1 aromatic carbocycles. The van der Waals surface area contributed by atoms with E-state index in [1.807, 2.05) is 0 Å². The Balaban J connectivity index is 1.56. The van der Waals surface area contributed by atoms with E-state index >= 15 is 0 Å². The monoisotopic (exact) mass is 291 g/mol. The third-order valence-electron chi connectivity index (χ3n) is 2.62. The number of benzene rings is 1. The van der Waals surface area contributed by atoms with E-state index in [4.69, 9.17) is 0 Å². The Morgan fingerprint density at radius 3 is 2.90 bits per heavy atom. The molecule has 0 aliphatic carbocycles. The Morgan fingerprint density at radius 1 is 1.35 bits per heavy atom. The summed E-state index contributed by atoms with van der Waals surface area (Å²) < 4.78 is 14.3. The van der Waals surface area contributed by atoms with Crippen molar-refractivity contribution in [2.24, 2.45) is 0 Å². The SMILES string of the molecule is O=C(CCc1nn2cnnc2s1)Nc1ccc(F)cc1. The van der Waals surface area contributed by atoms with Gasteiger partial charge in [-0.2, -0.15) is 9.61 Å². The molecule has 0 atom stereocenters. The minimum atomic E-state index is -0.331. The van der Waals surface area contributed by atoms with Crippen molar-refractivity contribution in [2.75, 3.05) is 5.32 Å². The van der Waals surface area contributed by atoms with E-state index in [1.165, 1.54) is 41.9 Å². The lowest BCUT2D eigenvalue weighted by molar-refractivity contribution is -0.116. The molecule has 2 heterocycles. The topological polar surface area (TPSA) is 72.2 Å². The molecule has 8 heteroatoms. The van der Waals surface area contributed by atoms with E-state index in [0.717, 1.165) is 5.01 Å². The van der Waals surface area contributed by atoms with Gasteiger partial charge in [-0.1, -0.05) is 11.3 Å². The molecule has 0 bridgehead atoms. The normalized spacial score (nSPS) is 10.8. The summed E-state index contributed by atoms with van der Waals surface area (Å²) in [5.41, 5.74) is 0.578. The number of nitrogens with zero attached hydrogens (tertiary/aromatic N) is 4. The zero-order valence-electron chi connectivity index (χ0n) is 10.3. The molecule has 0 unspecified atom stereocenters. The van der Waals surface area contributed by atoms with Gasteiger partial charge in [0.1, 0.15) is 17.2 Å². The van der Waals surface area contributed by atoms with E-state index in [0.29, 0.717) is 23.5 Å². The fourth-order valence-corrected chi connectivity index (χ4v) is 2.49. The van der Waals surface area contributed by atoms with Crippen LogP contribution in [-0.4, -0.2) is 25.7 Å². The van der Waals surface area contributed by atoms with E-state index in [9.17, 15) is 9.18 Å². The maximum Gasteiger partial charge on any atom is 0.234 e. The molecular formula is C12H10FN5OS. The van der Waals surface area contributed by atoms with Gasteiger partial charge in [-0.25, -0.2) is 4.39 Å². The van der Waals surface area contributed by atoms with Crippen LogP contribution in [0.4, 0.5) is 10.1 Å². The summed E-state index contributed by atoms with van der Waals surface area (Å²) in [5, 5.41) is 15.4. The molecule has 0 fully saturated rings. The summed E-state index contributed by atoms with van der Waals surface area (Å²) in [6, 6.07) is 5.66. The minimum Gasteiger partial charge on any atom is -0.326 e. The molecule has 0 aliphatic rings. The Labute approximate surface area is 117 Å². The first-order valence-electron chi connectivity index (χ1n) is 5.92. The summed E-state index contributed by atoms with van der Waals surface area (Å²) in [7, 11) is 0. The highest BCUT2D eigenvalue weighted by atomic mass is 32.1. The Kier molecular flexibility index (Phi) is 3.38. The van der Waals surface area contributed by atoms with Crippen LogP contribution in [0.2, 0.25) is 0 Å². The van der Waals surface area contributed by atoms with Gasteiger partial charge in [0.05, 0.1) is 0 Å². The number of hydrogen-bond acceptors (Lipinski definition) is 5. The van der Waals surface area contributed by atoms with Crippen LogP contribution in [0.3, 0.4) is 0 Å². The van der Waals surface area contributed by atoms with Crippen LogP contribution in [0.25, 0.3) is 4.96 Å². The van der Waals surface area contributed by atoms with Crippen molar-refractivity contribution in [3.63, 3.8) is 0 Å². The second-order valence-electron chi connectivity index (χ2n) is 4.11. The standard InChI is InChI=1S/C12H10FN5OS/c13-8-1-3-9(4-2-8)15-10(19)5-6-11-17-18-7-14-16-12(18)20-11/h1-4,7H,5-6H2,(H,15,19). The zero-order chi connectivity index (χ0) is 13.9. The molecule has 2 aromatic heterocycles. The van der Waals surface area contributed by atoms with Gasteiger partial charge < -0.3 is 5.32 Å². The predicted octanol–water partition coefficient (Wildman–Crippen LogP) is 1.90. The molecule has 0 saturated carbocycles. The first-order chi connectivity index (χ1) is 9.70. The van der Waals surface area contributed by atoms with E-state index in [2.05, 4.69) is 20.6 Å². The van der Waals surface area contributed by atoms with Gasteiger partial charge >= 0.3 is 0 Å². The highest BCUT2D eigenvalue weighted by molar-refractivity contribution is 7.16. The summed E-state index contributed by atoms with van der Waals surface area (Å²) in [4.78, 5) is 12.5. The van der Waals surface area contributed by atoms with Crippen molar-refractivity contribution in [1.82, 2.24) is 19.8 Å². The van der Waals surface area contributed by atoms with Crippen LogP contribution in [0.15, 0.2) is 30.6 Å². The fraction of sp³-hybridized carbons (Fsp3) is 0.167. The molecule has 0 radical (unpaired) electrons. The van der Waals surface area contributed by atoms with Crippen LogP contribution in [-0.2, 0) is 11.2 Å². The van der Waals surface area contributed by atoms with Crippen molar-refractivity contribution in [3.8, 4) is 0 Å². The molecule has 102 valence electrons. The quantitative estimate of drug-likeness (QED) is 0.797. The lowest BCUT2D eigenvalue weighted by Crippen LogP contribution is -2.12. The number of halogens is 1. The molecular weight excluding hydrogens is 281 g/mol. The number of carbonyl (C=O) groups excluding carboxylic acids is 1. The van der Waals surface area contributed by atoms with E-state index in [-0.39, 0.29) is 11.7 Å². The first kappa shape index (κ1) is 12.7. The number of carbonyl (C=O) groups is 1. The zero-order valence-corrected chi connectivity index (χ0v) is 11.1. The summed E-state index contributed by atoms with van der Waals surface area (Å²) >= 11 is 1.40. The third kappa shape index (κ3) is 2.80. The predicted molar refractivity (Wildman–Crippen MR) is 72.0 cm³/mol. The largest absolute Gasteiger partial charge is 0.326 e. The average molecular weight is 291 g/mol. The maximum absolute atomic E-state index is 12.7. The Bertz CT molecular complexity index is 707. The third-order valence-corrected chi connectivity index (χ3v) is 3.60. The van der Waals surface area contributed by atoms with Crippen LogP contribution in [0.1, 0.15) is 11.4 Å². The van der Waals surface area contributed by atoms with Crippen molar-refractivity contribution >= 4 is 27.9 Å². The minimum absolute atomic E-state index is 0.137. The number of hydrogen-bond donors (Lipinski definition) is 1. The summed E-state index contributed by atoms with van der Waals surface area (Å²) in [6.45, 7) is 0. The molecule has 6 nitrogen and oxygen atoms in total. The van der Waals surface area contributed by atoms with Crippen LogP contribution < -0.4 is 5.32 Å². The van der Waals surface area contributed by atoms with Crippen molar-refractivity contribution in [1.29, 1.82) is 0 Å². The van der Waals surface area contributed by atoms with Crippen LogP contribution in [0.5, 0.6) is 0 Å². The highest BCUT2D eigenvalue weighted by Gasteiger charge is 2.08. The molecule has 3 aromatic rings. The number of aromatic nitrogens is 4. The Hall–Kier alpha value is -2.35. The molecule has 20 heavy (non-hydrogen) atoms. The van der Waals surface area contributed by atoms with Gasteiger partial charge in [0.15, 0.2) is 0 Å². The molecule has 0 saturated heterocycles. The Morgan fingerprint density at radius 2 is 2.15 bits per heavy atom. The van der Waals surface area contributed by atoms with Crippen molar-refractivity contribution in [2.45, 2.75) is 12.8 Å². The van der Waals surface area contributed by atoms with E-state index in [1.54, 1.807) is 4.52 Å². The molecule has 1 N–H and O–H groups in total. The van der Waals surface area contributed by atoms with Gasteiger partial charge in [0.25, 0.3) is 0 Å². The van der Waals surface area contributed by atoms with Gasteiger partial charge in [0, 0.05) is 18.5 Å². The number of aryl methyl sites for hydroxylation is 1. The molecule has 3 rings (SSSR count). The molecule has 0 aliphatic heterocycles. The summed E-state index contributed by atoms with van der Waals surface area (Å²) in [5.74, 6) is -0.467. The maximum atomic E-state index is 12.7. The second-order valence-corrected chi connectivity index (χ2v) is 5.15. The summed E-state index contributed by atoms with van der Waals surface area (Å²) in [6.07, 6.45) is 2.36. The smallest absolute Gasteiger partial charge is 0.234 e. The lowest BCUT2D eigenvalue weighted by atomic mass is 10.2. The van der Waals surface area contributed by atoms with E-state index < -0.39 is 0 Å². The van der Waals surface area contributed by atoms with Gasteiger partial charge in [-0.15, -0.1) is 10.2 Å². The van der Waals surface area contributed by atoms with Gasteiger partial charge in [-0.3, -0.25) is 4.79 Å². The lowest BCUT2D eigenvalue weighted by Gasteiger charge is -2.03. The molecule has 0 spiro atoms. The van der Waals surface area contributed by atoms with Crippen LogP contribution in [0, 0.1) is 5.82 Å². The number of rotatable bonds is 4. The first-order valence-corrected chi connectivity index (χ1v) is 6.73. The highest BCUT2D eigenvalue weighted by Crippen LogP contribution is 2.14. The second kappa shape index (κ2) is 5.33. The van der Waals surface area contributed by atoms with Gasteiger partial charge in [-0.05, 0) is 24.3 Å². The number of nitrogens with one attached hydrogen (secondary N) is 1. The number of amides is 1. The number of anilines is 1. The van der Waals surface area contributed by atoms with Crippen molar-refractivity contribution < 1.29 is 9.18 Å². The number of fused-ring (bicyclic) bond motifs is 1. The average Bonchev–Trinajstić information content (AvgIpc) is 3.00. The van der Waals surface area contributed by atoms with Crippen LogP contribution >= 0.6 is 11.3 Å². The van der Waals surface area contributed by atoms with Crippen molar-refractivity contribution in [3.05, 3.63) is 41.4 Å². The van der Waals surface area contributed by atoms with Gasteiger partial charge in [0.2, 0.25) is 10.9 Å². The molecule has 1 amide bonds. The fourth-order valence-electron chi connectivity index (χ4n) is 1.68.